The number of carbonyl (C=O) groups excluding carboxylic acids is 1. The standard InChI is InChI=1S/C22H29NO4/c1-27-21(24)15-9-4-2-3-8-13-19-14-10-16-23(19)20(22(25)26)17-18-11-6-5-7-12-18/h5-7,10-12,14,16,20H,2-4,8-9,13,15,17H2,1H3,(H,25,26). The zero-order valence-electron chi connectivity index (χ0n) is 16.0. The van der Waals surface area contributed by atoms with Gasteiger partial charge in [-0.15, -0.1) is 0 Å². The lowest BCUT2D eigenvalue weighted by molar-refractivity contribution is -0.141. The number of nitrogens with zero attached hydrogens (tertiary/aromatic N) is 1. The Hall–Kier alpha value is -2.56. The first-order chi connectivity index (χ1) is 13.1. The fraction of sp³-hybridized carbons (Fsp3) is 0.455. The van der Waals surface area contributed by atoms with Gasteiger partial charge in [0.05, 0.1) is 7.11 Å². The molecule has 5 heteroatoms. The van der Waals surface area contributed by atoms with E-state index in [4.69, 9.17) is 0 Å². The summed E-state index contributed by atoms with van der Waals surface area (Å²) in [6.07, 6.45) is 8.73. The molecule has 1 heterocycles. The molecule has 0 bridgehead atoms. The number of benzene rings is 1. The van der Waals surface area contributed by atoms with Crippen LogP contribution < -0.4 is 0 Å². The van der Waals surface area contributed by atoms with Crippen LogP contribution in [-0.4, -0.2) is 28.7 Å². The van der Waals surface area contributed by atoms with Gasteiger partial charge in [-0.3, -0.25) is 4.79 Å². The first-order valence-corrected chi connectivity index (χ1v) is 9.61. The maximum Gasteiger partial charge on any atom is 0.327 e. The van der Waals surface area contributed by atoms with E-state index in [-0.39, 0.29) is 5.97 Å². The van der Waals surface area contributed by atoms with Crippen LogP contribution in [0, 0.1) is 0 Å². The predicted molar refractivity (Wildman–Crippen MR) is 105 cm³/mol. The lowest BCUT2D eigenvalue weighted by atomic mass is 10.0. The van der Waals surface area contributed by atoms with Crippen molar-refractivity contribution in [1.29, 1.82) is 0 Å². The lowest BCUT2D eigenvalue weighted by Gasteiger charge is -2.18. The van der Waals surface area contributed by atoms with Crippen molar-refractivity contribution in [1.82, 2.24) is 4.57 Å². The molecule has 0 aliphatic carbocycles. The summed E-state index contributed by atoms with van der Waals surface area (Å²) in [5.41, 5.74) is 2.09. The summed E-state index contributed by atoms with van der Waals surface area (Å²) in [5.74, 6) is -0.954. The summed E-state index contributed by atoms with van der Waals surface area (Å²) in [7, 11) is 1.42. The maximum absolute atomic E-state index is 11.8. The zero-order chi connectivity index (χ0) is 19.5. The Morgan fingerprint density at radius 1 is 1.00 bits per heavy atom. The van der Waals surface area contributed by atoms with Crippen molar-refractivity contribution >= 4 is 11.9 Å². The molecule has 0 aliphatic heterocycles. The maximum atomic E-state index is 11.8. The van der Waals surface area contributed by atoms with Gasteiger partial charge in [0.25, 0.3) is 0 Å². The molecule has 1 aromatic carbocycles. The second-order valence-electron chi connectivity index (χ2n) is 6.79. The molecule has 1 atom stereocenters. The number of hydrogen-bond donors (Lipinski definition) is 1. The third-order valence-corrected chi connectivity index (χ3v) is 4.80. The van der Waals surface area contributed by atoms with E-state index >= 15 is 0 Å². The lowest BCUT2D eigenvalue weighted by Crippen LogP contribution is -2.22. The summed E-state index contributed by atoms with van der Waals surface area (Å²) >= 11 is 0. The first kappa shape index (κ1) is 20.7. The zero-order valence-corrected chi connectivity index (χ0v) is 16.0. The highest BCUT2D eigenvalue weighted by Crippen LogP contribution is 2.20. The SMILES string of the molecule is COC(=O)CCCCCCCc1cccn1C(Cc1ccccc1)C(=O)O. The van der Waals surface area contributed by atoms with E-state index in [2.05, 4.69) is 4.74 Å². The van der Waals surface area contributed by atoms with E-state index in [1.807, 2.05) is 53.2 Å². The summed E-state index contributed by atoms with van der Waals surface area (Å²) in [4.78, 5) is 22.9. The van der Waals surface area contributed by atoms with Gasteiger partial charge in [-0.2, -0.15) is 0 Å². The van der Waals surface area contributed by atoms with Crippen molar-refractivity contribution in [2.45, 2.75) is 57.4 Å². The number of aliphatic carboxylic acids is 1. The largest absolute Gasteiger partial charge is 0.480 e. The Balaban J connectivity index is 1.82. The number of carbonyl (C=O) groups is 2. The van der Waals surface area contributed by atoms with Crippen LogP contribution in [0.15, 0.2) is 48.7 Å². The van der Waals surface area contributed by atoms with Crippen LogP contribution in [0.25, 0.3) is 0 Å². The third-order valence-electron chi connectivity index (χ3n) is 4.80. The van der Waals surface area contributed by atoms with Crippen LogP contribution in [0.5, 0.6) is 0 Å². The van der Waals surface area contributed by atoms with Crippen molar-refractivity contribution in [3.8, 4) is 0 Å². The molecule has 0 aliphatic rings. The highest BCUT2D eigenvalue weighted by Gasteiger charge is 2.21. The third kappa shape index (κ3) is 6.93. The van der Waals surface area contributed by atoms with Gasteiger partial charge >= 0.3 is 11.9 Å². The number of unbranched alkanes of at least 4 members (excludes halogenated alkanes) is 4. The Morgan fingerprint density at radius 3 is 2.41 bits per heavy atom. The van der Waals surface area contributed by atoms with Crippen molar-refractivity contribution in [2.24, 2.45) is 0 Å². The molecule has 0 amide bonds. The number of carboxylic acids is 1. The van der Waals surface area contributed by atoms with Crippen LogP contribution >= 0.6 is 0 Å². The van der Waals surface area contributed by atoms with Crippen LogP contribution in [0.4, 0.5) is 0 Å². The molecular weight excluding hydrogens is 342 g/mol. The van der Waals surface area contributed by atoms with Gasteiger partial charge in [-0.25, -0.2) is 4.79 Å². The number of esters is 1. The predicted octanol–water partition coefficient (Wildman–Crippen LogP) is 4.41. The summed E-state index contributed by atoms with van der Waals surface area (Å²) in [5, 5.41) is 9.71. The van der Waals surface area contributed by atoms with Gasteiger partial charge in [0.15, 0.2) is 0 Å². The number of aryl methyl sites for hydroxylation is 1. The van der Waals surface area contributed by atoms with E-state index in [9.17, 15) is 14.7 Å². The molecule has 0 fully saturated rings. The summed E-state index contributed by atoms with van der Waals surface area (Å²) in [6, 6.07) is 13.1. The number of rotatable bonds is 12. The summed E-state index contributed by atoms with van der Waals surface area (Å²) in [6.45, 7) is 0. The van der Waals surface area contributed by atoms with Crippen molar-refractivity contribution in [3.63, 3.8) is 0 Å². The summed E-state index contributed by atoms with van der Waals surface area (Å²) < 4.78 is 6.53. The van der Waals surface area contributed by atoms with E-state index in [0.29, 0.717) is 12.8 Å². The molecule has 0 saturated heterocycles. The van der Waals surface area contributed by atoms with E-state index < -0.39 is 12.0 Å². The first-order valence-electron chi connectivity index (χ1n) is 9.61. The van der Waals surface area contributed by atoms with Crippen molar-refractivity contribution in [3.05, 3.63) is 59.9 Å². The highest BCUT2D eigenvalue weighted by molar-refractivity contribution is 5.72. The smallest absolute Gasteiger partial charge is 0.327 e. The van der Waals surface area contributed by atoms with E-state index in [1.54, 1.807) is 0 Å². The Kier molecular flexibility index (Phi) is 8.62. The minimum atomic E-state index is -0.806. The Bertz CT molecular complexity index is 708. The fourth-order valence-electron chi connectivity index (χ4n) is 3.29. The average Bonchev–Trinajstić information content (AvgIpc) is 3.13. The molecule has 1 N–H and O–H groups in total. The molecular formula is C22H29NO4. The molecule has 0 saturated carbocycles. The van der Waals surface area contributed by atoms with Crippen LogP contribution in [0.3, 0.4) is 0 Å². The minimum absolute atomic E-state index is 0.147. The minimum Gasteiger partial charge on any atom is -0.480 e. The van der Waals surface area contributed by atoms with Crippen LogP contribution in [0.1, 0.15) is 55.8 Å². The van der Waals surface area contributed by atoms with E-state index in [1.165, 1.54) is 7.11 Å². The fourth-order valence-corrected chi connectivity index (χ4v) is 3.29. The Morgan fingerprint density at radius 2 is 1.70 bits per heavy atom. The van der Waals surface area contributed by atoms with Gasteiger partial charge in [0, 0.05) is 24.7 Å². The molecule has 1 unspecified atom stereocenters. The number of carboxylic acid groups (broad SMARTS) is 1. The molecule has 0 radical (unpaired) electrons. The molecule has 146 valence electrons. The van der Waals surface area contributed by atoms with Crippen LogP contribution in [0.2, 0.25) is 0 Å². The average molecular weight is 371 g/mol. The number of aromatic nitrogens is 1. The molecule has 2 aromatic rings. The monoisotopic (exact) mass is 371 g/mol. The highest BCUT2D eigenvalue weighted by atomic mass is 16.5. The van der Waals surface area contributed by atoms with Gasteiger partial charge in [-0.05, 0) is 37.0 Å². The molecule has 5 nitrogen and oxygen atoms in total. The molecule has 2 rings (SSSR count). The topological polar surface area (TPSA) is 68.5 Å². The number of methoxy groups -OCH3 is 1. The molecule has 1 aromatic heterocycles. The normalized spacial score (nSPS) is 11.9. The Labute approximate surface area is 161 Å². The van der Waals surface area contributed by atoms with Crippen molar-refractivity contribution < 1.29 is 19.4 Å². The van der Waals surface area contributed by atoms with E-state index in [0.717, 1.165) is 49.8 Å². The van der Waals surface area contributed by atoms with Crippen molar-refractivity contribution in [2.75, 3.05) is 7.11 Å². The van der Waals surface area contributed by atoms with Gasteiger partial charge < -0.3 is 14.4 Å². The molecule has 27 heavy (non-hydrogen) atoms. The van der Waals surface area contributed by atoms with Gasteiger partial charge in [0.2, 0.25) is 0 Å². The number of hydrogen-bond acceptors (Lipinski definition) is 3. The second kappa shape index (κ2) is 11.2. The number of ether oxygens (including phenoxy) is 1. The van der Waals surface area contributed by atoms with Gasteiger partial charge in [0.1, 0.15) is 6.04 Å². The second-order valence-corrected chi connectivity index (χ2v) is 6.79. The van der Waals surface area contributed by atoms with Gasteiger partial charge in [-0.1, -0.05) is 49.6 Å². The quantitative estimate of drug-likeness (QED) is 0.443. The van der Waals surface area contributed by atoms with Crippen LogP contribution in [-0.2, 0) is 27.2 Å². The molecule has 0 spiro atoms.